The number of hydrogen-bond acceptors (Lipinski definition) is 5. The first-order chi connectivity index (χ1) is 34.5. The lowest BCUT2D eigenvalue weighted by molar-refractivity contribution is -0.143. The monoisotopic (exact) mass is 986 g/mol. The van der Waals surface area contributed by atoms with E-state index < -0.39 is 12.1 Å². The Morgan fingerprint density at radius 1 is 0.386 bits per heavy atom. The van der Waals surface area contributed by atoms with Gasteiger partial charge in [-0.3, -0.25) is 9.59 Å². The molecule has 0 spiro atoms. The van der Waals surface area contributed by atoms with Gasteiger partial charge in [0.25, 0.3) is 0 Å². The van der Waals surface area contributed by atoms with Crippen molar-refractivity contribution < 1.29 is 24.5 Å². The minimum atomic E-state index is -0.660. The van der Waals surface area contributed by atoms with Crippen LogP contribution in [0.25, 0.3) is 0 Å². The summed E-state index contributed by atoms with van der Waals surface area (Å²) >= 11 is 0. The van der Waals surface area contributed by atoms with Crippen LogP contribution >= 0.6 is 0 Å². The fourth-order valence-electron chi connectivity index (χ4n) is 9.87. The van der Waals surface area contributed by atoms with Crippen LogP contribution in [0.15, 0.2) is 24.3 Å². The van der Waals surface area contributed by atoms with E-state index in [1.165, 1.54) is 270 Å². The number of unbranched alkanes of at least 4 members (excludes halogenated alkanes) is 44. The zero-order chi connectivity index (χ0) is 50.7. The summed E-state index contributed by atoms with van der Waals surface area (Å²) in [5.74, 6) is -0.0257. The molecule has 0 aromatic heterocycles. The Balaban J connectivity index is 3.33. The van der Waals surface area contributed by atoms with Crippen molar-refractivity contribution in [2.75, 3.05) is 13.2 Å². The average Bonchev–Trinajstić information content (AvgIpc) is 3.36. The summed E-state index contributed by atoms with van der Waals surface area (Å²) in [4.78, 5) is 24.4. The van der Waals surface area contributed by atoms with Gasteiger partial charge in [0.1, 0.15) is 0 Å². The van der Waals surface area contributed by atoms with E-state index in [-0.39, 0.29) is 18.5 Å². The van der Waals surface area contributed by atoms with Crippen LogP contribution in [0, 0.1) is 0 Å². The molecule has 3 N–H and O–H groups in total. The lowest BCUT2D eigenvalue weighted by Crippen LogP contribution is -2.45. The second kappa shape index (κ2) is 59.9. The second-order valence-electron chi connectivity index (χ2n) is 21.7. The van der Waals surface area contributed by atoms with Crippen molar-refractivity contribution in [3.05, 3.63) is 24.3 Å². The number of nitrogens with one attached hydrogen (secondary N) is 1. The van der Waals surface area contributed by atoms with Crippen molar-refractivity contribution in [1.82, 2.24) is 5.32 Å². The molecule has 6 nitrogen and oxygen atoms in total. The fourth-order valence-corrected chi connectivity index (χ4v) is 9.87. The van der Waals surface area contributed by atoms with Gasteiger partial charge in [0.15, 0.2) is 0 Å². The Morgan fingerprint density at radius 3 is 1.03 bits per heavy atom. The zero-order valence-corrected chi connectivity index (χ0v) is 47.3. The van der Waals surface area contributed by atoms with Crippen molar-refractivity contribution in [3.8, 4) is 0 Å². The molecular weight excluding hydrogens is 863 g/mol. The molecule has 0 saturated heterocycles. The van der Waals surface area contributed by atoms with E-state index in [2.05, 4.69) is 43.5 Å². The molecule has 70 heavy (non-hydrogen) atoms. The molecule has 0 aliphatic carbocycles. The van der Waals surface area contributed by atoms with E-state index in [1.54, 1.807) is 0 Å². The lowest BCUT2D eigenvalue weighted by Gasteiger charge is -2.22. The van der Waals surface area contributed by atoms with Crippen LogP contribution in [0.2, 0.25) is 0 Å². The molecule has 0 saturated carbocycles. The maximum atomic E-state index is 12.4. The van der Waals surface area contributed by atoms with Crippen LogP contribution in [0.3, 0.4) is 0 Å². The van der Waals surface area contributed by atoms with E-state index in [1.807, 2.05) is 0 Å². The number of hydrogen-bond donors (Lipinski definition) is 3. The number of ether oxygens (including phenoxy) is 1. The molecule has 0 fully saturated rings. The first-order valence-corrected chi connectivity index (χ1v) is 31.6. The number of carbonyl (C=O) groups excluding carboxylic acids is 2. The first-order valence-electron chi connectivity index (χ1n) is 31.6. The third-order valence-electron chi connectivity index (χ3n) is 14.7. The molecule has 1 amide bonds. The van der Waals surface area contributed by atoms with Gasteiger partial charge in [0.2, 0.25) is 5.91 Å². The Hall–Kier alpha value is -1.66. The normalized spacial score (nSPS) is 12.7. The number of allylic oxidation sites excluding steroid dienone is 4. The van der Waals surface area contributed by atoms with Gasteiger partial charge in [-0.25, -0.2) is 0 Å². The van der Waals surface area contributed by atoms with Crippen LogP contribution in [-0.2, 0) is 14.3 Å². The number of amides is 1. The zero-order valence-electron chi connectivity index (χ0n) is 47.3. The summed E-state index contributed by atoms with van der Waals surface area (Å²) in [6.07, 6.45) is 73.6. The van der Waals surface area contributed by atoms with Gasteiger partial charge in [-0.1, -0.05) is 282 Å². The smallest absolute Gasteiger partial charge is 0.305 e. The number of aliphatic hydroxyl groups is 2. The fraction of sp³-hybridized carbons (Fsp3) is 0.906. The lowest BCUT2D eigenvalue weighted by atomic mass is 10.0. The summed E-state index contributed by atoms with van der Waals surface area (Å²) in [5, 5.41) is 23.1. The van der Waals surface area contributed by atoms with Crippen LogP contribution < -0.4 is 5.32 Å². The van der Waals surface area contributed by atoms with E-state index in [4.69, 9.17) is 4.74 Å². The average molecular weight is 987 g/mol. The quantitative estimate of drug-likeness (QED) is 0.0321. The second-order valence-corrected chi connectivity index (χ2v) is 21.7. The molecule has 0 aromatic carbocycles. The summed E-state index contributed by atoms with van der Waals surface area (Å²) < 4.78 is 5.47. The molecule has 0 bridgehead atoms. The van der Waals surface area contributed by atoms with Gasteiger partial charge >= 0.3 is 5.97 Å². The van der Waals surface area contributed by atoms with E-state index in [0.29, 0.717) is 25.9 Å². The number of esters is 1. The van der Waals surface area contributed by atoms with Gasteiger partial charge in [-0.05, 0) is 77.0 Å². The van der Waals surface area contributed by atoms with Crippen LogP contribution in [-0.4, -0.2) is 47.4 Å². The van der Waals surface area contributed by atoms with E-state index in [0.717, 1.165) is 44.9 Å². The van der Waals surface area contributed by atoms with Crippen LogP contribution in [0.5, 0.6) is 0 Å². The van der Waals surface area contributed by atoms with E-state index in [9.17, 15) is 19.8 Å². The van der Waals surface area contributed by atoms with Crippen molar-refractivity contribution in [1.29, 1.82) is 0 Å². The molecule has 0 aliphatic rings. The van der Waals surface area contributed by atoms with Gasteiger partial charge in [-0.15, -0.1) is 0 Å². The Morgan fingerprint density at radius 2 is 0.671 bits per heavy atom. The molecule has 0 aliphatic heterocycles. The van der Waals surface area contributed by atoms with Gasteiger partial charge in [0.05, 0.1) is 25.4 Å². The molecule has 6 heteroatoms. The minimum absolute atomic E-state index is 0.00848. The molecule has 0 rings (SSSR count). The molecular formula is C64H123NO5. The maximum Gasteiger partial charge on any atom is 0.305 e. The highest BCUT2D eigenvalue weighted by Gasteiger charge is 2.20. The van der Waals surface area contributed by atoms with E-state index >= 15 is 0 Å². The highest BCUT2D eigenvalue weighted by atomic mass is 16.5. The first kappa shape index (κ1) is 68.3. The molecule has 0 aromatic rings. The number of aliphatic hydroxyl groups excluding tert-OH is 2. The number of rotatable bonds is 59. The third kappa shape index (κ3) is 55.7. The molecule has 2 unspecified atom stereocenters. The predicted octanol–water partition coefficient (Wildman–Crippen LogP) is 19.8. The highest BCUT2D eigenvalue weighted by Crippen LogP contribution is 2.18. The SMILES string of the molecule is CCCCCC/C=C\CCCCCCCC(=O)OCCCCCCCCCCCCCC/C=C\CCCCCCCCCCCCCCCCCC(=O)NC(CO)C(O)CCCCCCCCCCC. The van der Waals surface area contributed by atoms with Gasteiger partial charge in [0, 0.05) is 12.8 Å². The minimum Gasteiger partial charge on any atom is -0.466 e. The van der Waals surface area contributed by atoms with Crippen molar-refractivity contribution in [2.45, 2.75) is 360 Å². The van der Waals surface area contributed by atoms with Crippen molar-refractivity contribution >= 4 is 11.9 Å². The summed E-state index contributed by atoms with van der Waals surface area (Å²) in [5.41, 5.74) is 0. The third-order valence-corrected chi connectivity index (χ3v) is 14.7. The Kier molecular flexibility index (Phi) is 58.5. The van der Waals surface area contributed by atoms with Gasteiger partial charge in [-0.2, -0.15) is 0 Å². The molecule has 0 radical (unpaired) electrons. The molecule has 414 valence electrons. The summed E-state index contributed by atoms with van der Waals surface area (Å²) in [6.45, 7) is 4.93. The predicted molar refractivity (Wildman–Crippen MR) is 306 cm³/mol. The van der Waals surface area contributed by atoms with Crippen LogP contribution in [0.4, 0.5) is 0 Å². The number of carbonyl (C=O) groups is 2. The maximum absolute atomic E-state index is 12.4. The summed E-state index contributed by atoms with van der Waals surface area (Å²) in [7, 11) is 0. The van der Waals surface area contributed by atoms with Crippen molar-refractivity contribution in [3.63, 3.8) is 0 Å². The Labute approximate surface area is 437 Å². The van der Waals surface area contributed by atoms with Crippen LogP contribution in [0.1, 0.15) is 348 Å². The Bertz CT molecular complexity index is 1090. The largest absolute Gasteiger partial charge is 0.466 e. The molecule has 0 heterocycles. The highest BCUT2D eigenvalue weighted by molar-refractivity contribution is 5.76. The molecule has 2 atom stereocenters. The summed E-state index contributed by atoms with van der Waals surface area (Å²) in [6, 6.07) is -0.537. The topological polar surface area (TPSA) is 95.9 Å². The van der Waals surface area contributed by atoms with Gasteiger partial charge < -0.3 is 20.3 Å². The van der Waals surface area contributed by atoms with Crippen molar-refractivity contribution in [2.24, 2.45) is 0 Å². The standard InChI is InChI=1S/C64H123NO5/c1-3-5-7-9-11-13-14-34-38-42-46-50-54-58-64(69)70-59-55-51-47-43-39-36-33-31-29-27-25-23-21-19-17-15-16-18-20-22-24-26-28-30-32-35-37-41-45-49-53-57-63(68)65-61(60-66)62(67)56-52-48-44-40-12-10-8-6-4-2/h13-14,17,19,61-62,66-67H,3-12,15-16,18,20-60H2,1-2H3,(H,65,68)/b14-13-,19-17-.